The molecule has 4 aliphatic rings. The van der Waals surface area contributed by atoms with E-state index in [4.69, 9.17) is 0 Å². The van der Waals surface area contributed by atoms with Crippen LogP contribution < -0.4 is 0 Å². The van der Waals surface area contributed by atoms with Crippen LogP contribution in [0.15, 0.2) is 45.3 Å². The Bertz CT molecular complexity index is 563. The summed E-state index contributed by atoms with van der Waals surface area (Å²) >= 11 is 7.46. The first kappa shape index (κ1) is 14.3. The fraction of sp³-hybridized carbons (Fsp3) is 0.333. The Morgan fingerprint density at radius 2 is 1.05 bits per heavy atom. The van der Waals surface area contributed by atoms with Crippen molar-refractivity contribution in [1.82, 2.24) is 0 Å². The van der Waals surface area contributed by atoms with E-state index in [0.29, 0.717) is 0 Å². The van der Waals surface area contributed by atoms with Crippen molar-refractivity contribution in [2.75, 3.05) is 0 Å². The fourth-order valence-corrected chi connectivity index (χ4v) is 4.11. The minimum Gasteiger partial charge on any atom is -0.0587 e. The zero-order valence-electron chi connectivity index (χ0n) is 11.5. The Kier molecular flexibility index (Phi) is 4.62. The van der Waals surface area contributed by atoms with Gasteiger partial charge in [-0.15, -0.1) is 0 Å². The van der Waals surface area contributed by atoms with Gasteiger partial charge in [0.15, 0.2) is 0 Å². The number of hydrogen-bond donors (Lipinski definition) is 0. The zero-order chi connectivity index (χ0) is 13.9. The van der Waals surface area contributed by atoms with Gasteiger partial charge in [0.1, 0.15) is 0 Å². The van der Waals surface area contributed by atoms with Crippen LogP contribution in [0.1, 0.15) is 35.1 Å². The summed E-state index contributed by atoms with van der Waals surface area (Å²) in [5.74, 6) is 0. The lowest BCUT2D eigenvalue weighted by atomic mass is 9.97. The van der Waals surface area contributed by atoms with Crippen molar-refractivity contribution >= 4 is 31.9 Å². The van der Waals surface area contributed by atoms with E-state index >= 15 is 0 Å². The number of rotatable bonds is 0. The van der Waals surface area contributed by atoms with Gasteiger partial charge in [0.05, 0.1) is 0 Å². The maximum absolute atomic E-state index is 3.73. The van der Waals surface area contributed by atoms with Crippen LogP contribution in [-0.4, -0.2) is 0 Å². The average Bonchev–Trinajstić information content (AvgIpc) is 2.43. The van der Waals surface area contributed by atoms with E-state index in [2.05, 4.69) is 68.3 Å². The third-order valence-corrected chi connectivity index (χ3v) is 5.53. The topological polar surface area (TPSA) is 0 Å². The SMILES string of the molecule is Brc1cc2ccc1CCCc1ccc(cc1Br)CCC2. The molecule has 20 heavy (non-hydrogen) atoms. The van der Waals surface area contributed by atoms with Gasteiger partial charge in [0, 0.05) is 8.95 Å². The summed E-state index contributed by atoms with van der Waals surface area (Å²) in [5, 5.41) is 0. The van der Waals surface area contributed by atoms with Crippen molar-refractivity contribution in [2.24, 2.45) is 0 Å². The lowest BCUT2D eigenvalue weighted by Crippen LogP contribution is -1.97. The maximum atomic E-state index is 3.73. The second-order valence-corrected chi connectivity index (χ2v) is 7.27. The van der Waals surface area contributed by atoms with Crippen molar-refractivity contribution < 1.29 is 0 Å². The van der Waals surface area contributed by atoms with Crippen LogP contribution in [0, 0.1) is 0 Å². The molecule has 0 aromatic heterocycles. The molecule has 0 N–H and O–H groups in total. The minimum absolute atomic E-state index is 1.13. The highest BCUT2D eigenvalue weighted by molar-refractivity contribution is 9.10. The van der Waals surface area contributed by atoms with Crippen LogP contribution in [0.4, 0.5) is 0 Å². The molecule has 0 fully saturated rings. The van der Waals surface area contributed by atoms with Crippen molar-refractivity contribution in [3.05, 3.63) is 67.6 Å². The lowest BCUT2D eigenvalue weighted by molar-refractivity contribution is 0.795. The maximum Gasteiger partial charge on any atom is 0.0210 e. The number of hydrogen-bond acceptors (Lipinski definition) is 0. The molecule has 6 rings (SSSR count). The second-order valence-electron chi connectivity index (χ2n) is 5.56. The molecule has 0 atom stereocenters. The molecule has 2 aromatic rings. The summed E-state index contributed by atoms with van der Waals surface area (Å²) in [6, 6.07) is 13.8. The van der Waals surface area contributed by atoms with Crippen molar-refractivity contribution in [2.45, 2.75) is 38.5 Å². The normalized spacial score (nSPS) is 15.3. The molecule has 2 heteroatoms. The molecule has 2 aromatic carbocycles. The Hall–Kier alpha value is -0.600. The smallest absolute Gasteiger partial charge is 0.0210 e. The monoisotopic (exact) mass is 392 g/mol. The molecular weight excluding hydrogens is 376 g/mol. The Morgan fingerprint density at radius 3 is 1.50 bits per heavy atom. The Balaban J connectivity index is 1.89. The zero-order valence-corrected chi connectivity index (χ0v) is 14.6. The van der Waals surface area contributed by atoms with E-state index in [-0.39, 0.29) is 0 Å². The summed E-state index contributed by atoms with van der Waals surface area (Å²) in [7, 11) is 0. The van der Waals surface area contributed by atoms with E-state index in [9.17, 15) is 0 Å². The molecule has 104 valence electrons. The summed E-state index contributed by atoms with van der Waals surface area (Å²) in [6.07, 6.45) is 6.97. The number of benzene rings is 2. The summed E-state index contributed by atoms with van der Waals surface area (Å²) in [4.78, 5) is 0. The van der Waals surface area contributed by atoms with E-state index in [1.165, 1.54) is 44.0 Å². The standard InChI is InChI=1S/C18H18Br2/c19-17-11-13-3-1-4-14-8-10-16(18(20)12-14)6-2-5-15(17)9-7-13/h7-12H,1-6H2. The van der Waals surface area contributed by atoms with Crippen LogP contribution >= 0.6 is 31.9 Å². The molecule has 4 bridgehead atoms. The minimum atomic E-state index is 1.13. The predicted octanol–water partition coefficient (Wildman–Crippen LogP) is 5.88. The van der Waals surface area contributed by atoms with Crippen molar-refractivity contribution in [3.63, 3.8) is 0 Å². The van der Waals surface area contributed by atoms with Crippen LogP contribution in [0.25, 0.3) is 0 Å². The van der Waals surface area contributed by atoms with E-state index in [0.717, 1.165) is 25.7 Å². The van der Waals surface area contributed by atoms with Gasteiger partial charge >= 0.3 is 0 Å². The van der Waals surface area contributed by atoms with Crippen LogP contribution in [0.3, 0.4) is 0 Å². The van der Waals surface area contributed by atoms with Crippen LogP contribution in [0.2, 0.25) is 0 Å². The van der Waals surface area contributed by atoms with Gasteiger partial charge in [0.25, 0.3) is 0 Å². The first-order valence-electron chi connectivity index (χ1n) is 7.27. The van der Waals surface area contributed by atoms with Crippen molar-refractivity contribution in [3.8, 4) is 0 Å². The molecule has 0 nitrogen and oxygen atoms in total. The Labute approximate surface area is 137 Å². The largest absolute Gasteiger partial charge is 0.0587 e. The fourth-order valence-electron chi connectivity index (χ4n) is 2.86. The van der Waals surface area contributed by atoms with Gasteiger partial charge in [-0.3, -0.25) is 0 Å². The average molecular weight is 394 g/mol. The Morgan fingerprint density at radius 1 is 0.600 bits per heavy atom. The van der Waals surface area contributed by atoms with Crippen LogP contribution in [0.5, 0.6) is 0 Å². The first-order valence-corrected chi connectivity index (χ1v) is 8.85. The summed E-state index contributed by atoms with van der Waals surface area (Å²) < 4.78 is 2.56. The highest BCUT2D eigenvalue weighted by Gasteiger charge is 2.07. The summed E-state index contributed by atoms with van der Waals surface area (Å²) in [5.41, 5.74) is 5.74. The van der Waals surface area contributed by atoms with Gasteiger partial charge in [0.2, 0.25) is 0 Å². The van der Waals surface area contributed by atoms with Gasteiger partial charge in [-0.25, -0.2) is 0 Å². The van der Waals surface area contributed by atoms with Crippen LogP contribution in [-0.2, 0) is 25.7 Å². The third-order valence-electron chi connectivity index (χ3n) is 4.06. The van der Waals surface area contributed by atoms with E-state index in [1.54, 1.807) is 0 Å². The molecule has 0 aliphatic heterocycles. The molecule has 0 unspecified atom stereocenters. The lowest BCUT2D eigenvalue weighted by Gasteiger charge is -2.12. The highest BCUT2D eigenvalue weighted by Crippen LogP contribution is 2.25. The van der Waals surface area contributed by atoms with Gasteiger partial charge in [-0.1, -0.05) is 56.1 Å². The van der Waals surface area contributed by atoms with Gasteiger partial charge < -0.3 is 0 Å². The van der Waals surface area contributed by atoms with Gasteiger partial charge in [-0.2, -0.15) is 0 Å². The molecule has 0 saturated carbocycles. The molecule has 0 saturated heterocycles. The quantitative estimate of drug-likeness (QED) is 0.524. The van der Waals surface area contributed by atoms with E-state index < -0.39 is 0 Å². The molecular formula is C18H18Br2. The number of aryl methyl sites for hydroxylation is 4. The summed E-state index contributed by atoms with van der Waals surface area (Å²) in [6.45, 7) is 0. The molecule has 4 aliphatic carbocycles. The molecule has 0 radical (unpaired) electrons. The predicted molar refractivity (Wildman–Crippen MR) is 92.3 cm³/mol. The molecule has 0 spiro atoms. The first-order chi connectivity index (χ1) is 9.72. The molecule has 0 heterocycles. The second kappa shape index (κ2) is 6.44. The highest BCUT2D eigenvalue weighted by atomic mass is 79.9. The molecule has 0 amide bonds. The number of halogens is 2. The van der Waals surface area contributed by atoms with Gasteiger partial charge in [-0.05, 0) is 72.9 Å². The van der Waals surface area contributed by atoms with E-state index in [1.807, 2.05) is 0 Å². The third kappa shape index (κ3) is 3.35. The van der Waals surface area contributed by atoms with Crippen molar-refractivity contribution in [1.29, 1.82) is 0 Å².